The molecule has 5 heavy (non-hydrogen) atoms. The molecule has 0 fully saturated rings. The van der Waals surface area contributed by atoms with Crippen molar-refractivity contribution in [1.82, 2.24) is 0 Å². The van der Waals surface area contributed by atoms with E-state index in [1.807, 2.05) is 0 Å². The van der Waals surface area contributed by atoms with Gasteiger partial charge in [0.2, 0.25) is 0 Å². The first kappa shape index (κ1) is 142. The monoisotopic (exact) mass is 208 g/mol. The Morgan fingerprint density at radius 2 is 0.600 bits per heavy atom. The molecule has 0 aromatic rings. The van der Waals surface area contributed by atoms with Gasteiger partial charge in [0.05, 0.1) is 0 Å². The van der Waals surface area contributed by atoms with E-state index in [-0.39, 0.29) is 54.7 Å². The van der Waals surface area contributed by atoms with Crippen molar-refractivity contribution in [2.45, 2.75) is 0 Å². The standard InChI is InChI=1S/ClH.In.3H2O.3H/h1H;;3*1H2;;;. The zero-order chi connectivity index (χ0) is 0. The van der Waals surface area contributed by atoms with Crippen molar-refractivity contribution in [2.75, 3.05) is 0 Å². The first-order chi connectivity index (χ1) is 0. The summed E-state index contributed by atoms with van der Waals surface area (Å²) in [6.07, 6.45) is 0. The molecule has 0 spiro atoms. The Kier molecular flexibility index (Phi) is 2160. The fourth-order valence-electron chi connectivity index (χ4n) is 0. The first-order valence-electron chi connectivity index (χ1n) is 0. The third-order valence-corrected chi connectivity index (χ3v) is 0. The molecule has 6 N–H and O–H groups in total. The predicted octanol–water partition coefficient (Wildman–Crippen LogP) is -3.24. The number of rotatable bonds is 0. The molecule has 0 aliphatic carbocycles. The van der Waals surface area contributed by atoms with Gasteiger partial charge in [-0.15, -0.1) is 12.4 Å². The van der Waals surface area contributed by atoms with Crippen LogP contribution >= 0.6 is 12.4 Å². The molecule has 0 bridgehead atoms. The molecular weight excluding hydrogens is 198 g/mol. The summed E-state index contributed by atoms with van der Waals surface area (Å²) < 4.78 is 0. The van der Waals surface area contributed by atoms with Gasteiger partial charge in [-0.1, -0.05) is 0 Å². The maximum absolute atomic E-state index is 0. The van der Waals surface area contributed by atoms with E-state index in [1.165, 1.54) is 0 Å². The fraction of sp³-hybridized carbons (Fsp3) is 0. The molecule has 38 valence electrons. The Labute approximate surface area is 54.9 Å². The van der Waals surface area contributed by atoms with Crippen LogP contribution in [0.5, 0.6) is 0 Å². The molecule has 0 radical (unpaired) electrons. The van der Waals surface area contributed by atoms with Gasteiger partial charge < -0.3 is 16.4 Å². The minimum atomic E-state index is 0. The second-order valence-electron chi connectivity index (χ2n) is 0. The predicted molar refractivity (Wildman–Crippen MR) is 28.0 cm³/mol. The Hall–Kier alpha value is 1.04. The summed E-state index contributed by atoms with van der Waals surface area (Å²) >= 11 is 0. The fourth-order valence-corrected chi connectivity index (χ4v) is 0. The van der Waals surface area contributed by atoms with E-state index in [1.54, 1.807) is 0 Å². The molecule has 0 saturated carbocycles. The molecule has 0 aromatic heterocycles. The molecule has 0 aromatic carbocycles. The quantitative estimate of drug-likeness (QED) is 0.400. The second kappa shape index (κ2) is 76.0. The van der Waals surface area contributed by atoms with Crippen LogP contribution in [0.1, 0.15) is 0 Å². The maximum atomic E-state index is 0. The summed E-state index contributed by atoms with van der Waals surface area (Å²) in [5.41, 5.74) is 0. The summed E-state index contributed by atoms with van der Waals surface area (Å²) in [5.74, 6) is 0. The minimum absolute atomic E-state index is 0. The van der Waals surface area contributed by atoms with E-state index in [9.17, 15) is 0 Å². The van der Waals surface area contributed by atoms with Gasteiger partial charge >= 0.3 is 25.8 Å². The summed E-state index contributed by atoms with van der Waals surface area (Å²) in [6.45, 7) is 0. The third-order valence-electron chi connectivity index (χ3n) is 0. The van der Waals surface area contributed by atoms with Gasteiger partial charge in [0.1, 0.15) is 0 Å². The van der Waals surface area contributed by atoms with Crippen molar-refractivity contribution in [3.8, 4) is 0 Å². The molecule has 0 saturated heterocycles. The SMILES string of the molecule is Cl.O.O.O.[InH3]. The average Bonchev–Trinajstić information content (AvgIpc) is 0. The molecule has 3 nitrogen and oxygen atoms in total. The van der Waals surface area contributed by atoms with Crippen LogP contribution in [0.25, 0.3) is 0 Å². The van der Waals surface area contributed by atoms with Gasteiger partial charge in [0.25, 0.3) is 0 Å². The first-order valence-corrected chi connectivity index (χ1v) is 0. The zero-order valence-corrected chi connectivity index (χ0v) is 2.72. The van der Waals surface area contributed by atoms with Crippen LogP contribution in [0.15, 0.2) is 0 Å². The van der Waals surface area contributed by atoms with E-state index in [0.717, 1.165) is 0 Å². The molecule has 5 heteroatoms. The van der Waals surface area contributed by atoms with Crippen molar-refractivity contribution in [3.05, 3.63) is 0 Å². The zero-order valence-electron chi connectivity index (χ0n) is 1.91. The van der Waals surface area contributed by atoms with Crippen molar-refractivity contribution in [3.63, 3.8) is 0 Å². The summed E-state index contributed by atoms with van der Waals surface area (Å²) in [5, 5.41) is 0. The van der Waals surface area contributed by atoms with E-state index >= 15 is 0 Å². The molecule has 0 unspecified atom stereocenters. The van der Waals surface area contributed by atoms with Crippen molar-refractivity contribution >= 4 is 38.3 Å². The molecule has 0 aliphatic heterocycles. The Morgan fingerprint density at radius 3 is 0.600 bits per heavy atom. The summed E-state index contributed by atoms with van der Waals surface area (Å²) in [6, 6.07) is 0. The van der Waals surface area contributed by atoms with Crippen molar-refractivity contribution in [2.24, 2.45) is 0 Å². The van der Waals surface area contributed by atoms with Gasteiger partial charge in [-0.05, 0) is 0 Å². The van der Waals surface area contributed by atoms with Crippen LogP contribution in [-0.4, -0.2) is 42.3 Å². The summed E-state index contributed by atoms with van der Waals surface area (Å²) in [7, 11) is 0. The van der Waals surface area contributed by atoms with E-state index in [2.05, 4.69) is 0 Å². The molecular formula is H10ClInO3. The van der Waals surface area contributed by atoms with Crippen LogP contribution in [0.3, 0.4) is 0 Å². The van der Waals surface area contributed by atoms with E-state index in [4.69, 9.17) is 0 Å². The van der Waals surface area contributed by atoms with Gasteiger partial charge in [0, 0.05) is 0 Å². The van der Waals surface area contributed by atoms with Crippen LogP contribution in [0.2, 0.25) is 0 Å². The second-order valence-corrected chi connectivity index (χ2v) is 0. The Bertz CT molecular complexity index is 6.85. The molecule has 0 atom stereocenters. The van der Waals surface area contributed by atoms with Crippen LogP contribution in [0.4, 0.5) is 0 Å². The topological polar surface area (TPSA) is 94.5 Å². The molecule has 0 heterocycles. The van der Waals surface area contributed by atoms with E-state index < -0.39 is 0 Å². The van der Waals surface area contributed by atoms with Crippen LogP contribution in [-0.2, 0) is 0 Å². The third kappa shape index (κ3) is 43.1. The Balaban J connectivity index is 0. The van der Waals surface area contributed by atoms with Gasteiger partial charge in [0.15, 0.2) is 0 Å². The summed E-state index contributed by atoms with van der Waals surface area (Å²) in [4.78, 5) is 0. The Morgan fingerprint density at radius 1 is 0.600 bits per heavy atom. The molecule has 0 rings (SSSR count). The number of hydrogen-bond donors (Lipinski definition) is 0. The van der Waals surface area contributed by atoms with Gasteiger partial charge in [-0.25, -0.2) is 0 Å². The van der Waals surface area contributed by atoms with Gasteiger partial charge in [-0.3, -0.25) is 0 Å². The molecule has 0 aliphatic rings. The van der Waals surface area contributed by atoms with Crippen LogP contribution < -0.4 is 0 Å². The van der Waals surface area contributed by atoms with E-state index in [0.29, 0.717) is 0 Å². The normalized spacial score (nSPS) is 0. The van der Waals surface area contributed by atoms with Crippen molar-refractivity contribution < 1.29 is 16.4 Å². The van der Waals surface area contributed by atoms with Crippen molar-refractivity contribution in [1.29, 1.82) is 0 Å². The van der Waals surface area contributed by atoms with Crippen LogP contribution in [0, 0.1) is 0 Å². The molecule has 0 amide bonds. The number of hydrogen-bond acceptors (Lipinski definition) is 0. The van der Waals surface area contributed by atoms with Gasteiger partial charge in [-0.2, -0.15) is 0 Å². The number of halogens is 1. The average molecular weight is 208 g/mol.